The number of nitrogens with zero attached hydrogens (tertiary/aromatic N) is 2. The van der Waals surface area contributed by atoms with Gasteiger partial charge in [0.1, 0.15) is 11.5 Å². The van der Waals surface area contributed by atoms with Gasteiger partial charge in [-0.15, -0.1) is 0 Å². The van der Waals surface area contributed by atoms with Crippen LogP contribution in [0.1, 0.15) is 26.5 Å². The van der Waals surface area contributed by atoms with Gasteiger partial charge in [0.25, 0.3) is 11.6 Å². The molecule has 1 heterocycles. The average Bonchev–Trinajstić information content (AvgIpc) is 3.17. The number of nitro groups is 1. The molecule has 0 aliphatic rings. The van der Waals surface area contributed by atoms with Gasteiger partial charge in [-0.2, -0.15) is 5.10 Å². The normalized spacial score (nSPS) is 10.7. The van der Waals surface area contributed by atoms with E-state index in [2.05, 4.69) is 10.5 Å². The Hall–Kier alpha value is -4.27. The summed E-state index contributed by atoms with van der Waals surface area (Å²) in [5.74, 6) is -0.755. The second-order valence-electron chi connectivity index (χ2n) is 5.59. The second-order valence-corrected chi connectivity index (χ2v) is 5.59. The summed E-state index contributed by atoms with van der Waals surface area (Å²) in [6, 6.07) is 14.8. The third-order valence-electron chi connectivity index (χ3n) is 3.72. The quantitative estimate of drug-likeness (QED) is 0.383. The molecule has 0 saturated heterocycles. The summed E-state index contributed by atoms with van der Waals surface area (Å²) < 4.78 is 5.57. The molecule has 0 radical (unpaired) electrons. The van der Waals surface area contributed by atoms with E-state index < -0.39 is 16.8 Å². The highest BCUT2D eigenvalue weighted by molar-refractivity contribution is 5.95. The highest BCUT2D eigenvalue weighted by atomic mass is 16.6. The van der Waals surface area contributed by atoms with Crippen LogP contribution in [0.4, 0.5) is 5.69 Å². The molecule has 3 rings (SSSR count). The Morgan fingerprint density at radius 1 is 1.07 bits per heavy atom. The van der Waals surface area contributed by atoms with Crippen molar-refractivity contribution in [2.45, 2.75) is 0 Å². The van der Waals surface area contributed by atoms with Crippen LogP contribution in [0.15, 0.2) is 70.2 Å². The molecule has 0 spiro atoms. The van der Waals surface area contributed by atoms with Crippen LogP contribution in [-0.4, -0.2) is 28.1 Å². The summed E-state index contributed by atoms with van der Waals surface area (Å²) in [6.45, 7) is 0. The number of non-ortho nitro benzene ring substituents is 1. The molecule has 0 atom stereocenters. The third kappa shape index (κ3) is 4.28. The van der Waals surface area contributed by atoms with Crippen molar-refractivity contribution >= 4 is 23.8 Å². The topological polar surface area (TPSA) is 135 Å². The molecule has 3 aromatic rings. The van der Waals surface area contributed by atoms with Crippen molar-refractivity contribution in [3.8, 4) is 11.3 Å². The molecule has 0 fully saturated rings. The van der Waals surface area contributed by atoms with Crippen LogP contribution in [0, 0.1) is 10.1 Å². The number of amides is 1. The van der Waals surface area contributed by atoms with Crippen LogP contribution in [0.3, 0.4) is 0 Å². The molecule has 2 aromatic carbocycles. The predicted octanol–water partition coefficient (Wildman–Crippen LogP) is 3.32. The Labute approximate surface area is 158 Å². The molecule has 9 heteroatoms. The first-order chi connectivity index (χ1) is 13.4. The molecule has 0 aliphatic heterocycles. The van der Waals surface area contributed by atoms with Gasteiger partial charge in [-0.05, 0) is 30.3 Å². The van der Waals surface area contributed by atoms with Gasteiger partial charge < -0.3 is 9.52 Å². The summed E-state index contributed by atoms with van der Waals surface area (Å²) in [6.07, 6.45) is 1.28. The number of hydrazone groups is 1. The number of nitro benzene ring substituents is 1. The first-order valence-electron chi connectivity index (χ1n) is 7.95. The lowest BCUT2D eigenvalue weighted by atomic mass is 10.1. The smallest absolute Gasteiger partial charge is 0.335 e. The van der Waals surface area contributed by atoms with Crippen molar-refractivity contribution in [3.63, 3.8) is 0 Å². The van der Waals surface area contributed by atoms with E-state index in [9.17, 15) is 19.7 Å². The Morgan fingerprint density at radius 3 is 2.50 bits per heavy atom. The fourth-order valence-electron chi connectivity index (χ4n) is 2.33. The van der Waals surface area contributed by atoms with Gasteiger partial charge in [-0.25, -0.2) is 10.2 Å². The SMILES string of the molecule is O=C(O)c1ccc(-c2ccc(/C=N\NC(=O)c3cccc([N+](=O)[O-])c3)o2)cc1. The number of carbonyl (C=O) groups excluding carboxylic acids is 1. The number of carboxylic acid groups (broad SMARTS) is 1. The van der Waals surface area contributed by atoms with E-state index >= 15 is 0 Å². The Kier molecular flexibility index (Phi) is 5.26. The molecule has 1 amide bonds. The van der Waals surface area contributed by atoms with E-state index in [0.717, 1.165) is 6.07 Å². The van der Waals surface area contributed by atoms with Crippen molar-refractivity contribution in [1.82, 2.24) is 5.43 Å². The minimum atomic E-state index is -1.02. The molecule has 0 saturated carbocycles. The molecule has 140 valence electrons. The maximum absolute atomic E-state index is 12.0. The van der Waals surface area contributed by atoms with Gasteiger partial charge in [0, 0.05) is 23.3 Å². The van der Waals surface area contributed by atoms with Crippen molar-refractivity contribution < 1.29 is 24.0 Å². The van der Waals surface area contributed by atoms with E-state index in [1.807, 2.05) is 0 Å². The minimum Gasteiger partial charge on any atom is -0.478 e. The van der Waals surface area contributed by atoms with E-state index in [4.69, 9.17) is 9.52 Å². The number of aromatic carboxylic acids is 1. The lowest BCUT2D eigenvalue weighted by molar-refractivity contribution is -0.384. The maximum Gasteiger partial charge on any atom is 0.335 e. The molecular weight excluding hydrogens is 366 g/mol. The first kappa shape index (κ1) is 18.5. The van der Waals surface area contributed by atoms with Gasteiger partial charge in [0.05, 0.1) is 16.7 Å². The molecule has 0 bridgehead atoms. The largest absolute Gasteiger partial charge is 0.478 e. The van der Waals surface area contributed by atoms with Crippen LogP contribution in [0.25, 0.3) is 11.3 Å². The van der Waals surface area contributed by atoms with Crippen LogP contribution >= 0.6 is 0 Å². The van der Waals surface area contributed by atoms with E-state index in [0.29, 0.717) is 17.1 Å². The molecule has 1 aromatic heterocycles. The Bertz CT molecular complexity index is 1070. The maximum atomic E-state index is 12.0. The highest BCUT2D eigenvalue weighted by Gasteiger charge is 2.11. The van der Waals surface area contributed by atoms with Crippen molar-refractivity contribution in [3.05, 3.63) is 87.7 Å². The number of rotatable bonds is 6. The van der Waals surface area contributed by atoms with Gasteiger partial charge in [-0.3, -0.25) is 14.9 Å². The van der Waals surface area contributed by atoms with Crippen molar-refractivity contribution in [2.75, 3.05) is 0 Å². The fourth-order valence-corrected chi connectivity index (χ4v) is 2.33. The van der Waals surface area contributed by atoms with Crippen LogP contribution in [0.5, 0.6) is 0 Å². The number of hydrogen-bond donors (Lipinski definition) is 2. The number of carboxylic acids is 1. The summed E-state index contributed by atoms with van der Waals surface area (Å²) >= 11 is 0. The van der Waals surface area contributed by atoms with Crippen molar-refractivity contribution in [2.24, 2.45) is 5.10 Å². The lowest BCUT2D eigenvalue weighted by Gasteiger charge is -1.99. The average molecular weight is 379 g/mol. The van der Waals surface area contributed by atoms with Gasteiger partial charge in [-0.1, -0.05) is 18.2 Å². The van der Waals surface area contributed by atoms with E-state index in [-0.39, 0.29) is 16.8 Å². The van der Waals surface area contributed by atoms with E-state index in [1.165, 1.54) is 36.5 Å². The van der Waals surface area contributed by atoms with Gasteiger partial charge in [0.2, 0.25) is 0 Å². The van der Waals surface area contributed by atoms with E-state index in [1.54, 1.807) is 24.3 Å². The van der Waals surface area contributed by atoms with Crippen molar-refractivity contribution in [1.29, 1.82) is 0 Å². The molecule has 9 nitrogen and oxygen atoms in total. The molecular formula is C19H13N3O6. The highest BCUT2D eigenvalue weighted by Crippen LogP contribution is 2.22. The zero-order chi connectivity index (χ0) is 20.1. The minimum absolute atomic E-state index is 0.102. The predicted molar refractivity (Wildman–Crippen MR) is 99.3 cm³/mol. The number of nitrogens with one attached hydrogen (secondary N) is 1. The van der Waals surface area contributed by atoms with Gasteiger partial charge in [0.15, 0.2) is 0 Å². The molecule has 0 unspecified atom stereocenters. The summed E-state index contributed by atoms with van der Waals surface area (Å²) in [4.78, 5) is 33.0. The Morgan fingerprint density at radius 2 is 1.82 bits per heavy atom. The number of benzene rings is 2. The van der Waals surface area contributed by atoms with Crippen LogP contribution in [0.2, 0.25) is 0 Å². The first-order valence-corrected chi connectivity index (χ1v) is 7.95. The number of carbonyl (C=O) groups is 2. The summed E-state index contributed by atoms with van der Waals surface area (Å²) in [7, 11) is 0. The molecule has 0 aliphatic carbocycles. The number of furan rings is 1. The summed E-state index contributed by atoms with van der Waals surface area (Å²) in [5, 5.41) is 23.4. The second kappa shape index (κ2) is 7.96. The zero-order valence-corrected chi connectivity index (χ0v) is 14.2. The van der Waals surface area contributed by atoms with Crippen LogP contribution < -0.4 is 5.43 Å². The van der Waals surface area contributed by atoms with Crippen LogP contribution in [-0.2, 0) is 0 Å². The fraction of sp³-hybridized carbons (Fsp3) is 0. The zero-order valence-electron chi connectivity index (χ0n) is 14.2. The molecule has 28 heavy (non-hydrogen) atoms. The Balaban J connectivity index is 1.65. The molecule has 2 N–H and O–H groups in total. The third-order valence-corrected chi connectivity index (χ3v) is 3.72. The number of hydrogen-bond acceptors (Lipinski definition) is 6. The summed E-state index contributed by atoms with van der Waals surface area (Å²) in [5.41, 5.74) is 3.03. The standard InChI is InChI=1S/C19H13N3O6/c23-18(14-2-1-3-15(10-14)22(26)27)21-20-11-16-8-9-17(28-16)12-4-6-13(7-5-12)19(24)25/h1-11H,(H,21,23)(H,24,25)/b20-11-. The lowest BCUT2D eigenvalue weighted by Crippen LogP contribution is -2.17. The van der Waals surface area contributed by atoms with Gasteiger partial charge >= 0.3 is 5.97 Å². The monoisotopic (exact) mass is 379 g/mol.